The Hall–Kier alpha value is -3.03. The summed E-state index contributed by atoms with van der Waals surface area (Å²) < 4.78 is 35.2. The number of ether oxygens (including phenoxy) is 2. The number of nitrogens with one attached hydrogen (secondary N) is 1. The number of benzene rings is 1. The fraction of sp³-hybridized carbons (Fsp3) is 0.350. The molecule has 2 aromatic rings. The normalized spacial score (nSPS) is 11.2. The molecule has 0 radical (unpaired) electrons. The molecule has 1 heterocycles. The number of pyridine rings is 1. The number of anilines is 1. The van der Waals surface area contributed by atoms with Gasteiger partial charge in [0.05, 0.1) is 12.8 Å². The molecule has 8 heteroatoms. The molecule has 0 bridgehead atoms. The molecule has 1 N–H and O–H groups in total. The minimum absolute atomic E-state index is 0.0952. The fourth-order valence-electron chi connectivity index (χ4n) is 2.45. The molecule has 0 saturated carbocycles. The lowest BCUT2D eigenvalue weighted by Crippen LogP contribution is -2.28. The topological polar surface area (TPSA) is 77.5 Å². The van der Waals surface area contributed by atoms with Crippen molar-refractivity contribution in [2.75, 3.05) is 12.4 Å². The average molecular weight is 392 g/mol. The highest BCUT2D eigenvalue weighted by Gasteiger charge is 2.21. The fourth-order valence-corrected chi connectivity index (χ4v) is 2.45. The SMILES string of the molecule is COC(=O)c1ncc(-c2cccc(CC(F)F)c2)cc1NC(=O)OC(C)(C)C. The van der Waals surface area contributed by atoms with Gasteiger partial charge < -0.3 is 9.47 Å². The highest BCUT2D eigenvalue weighted by atomic mass is 19.3. The first-order chi connectivity index (χ1) is 13.1. The maximum absolute atomic E-state index is 12.7. The molecule has 0 atom stereocenters. The molecule has 0 unspecified atom stereocenters. The van der Waals surface area contributed by atoms with Crippen LogP contribution in [0.25, 0.3) is 11.1 Å². The van der Waals surface area contributed by atoms with Gasteiger partial charge in [0.2, 0.25) is 6.43 Å². The molecule has 0 fully saturated rings. The van der Waals surface area contributed by atoms with Crippen molar-refractivity contribution in [2.45, 2.75) is 39.2 Å². The lowest BCUT2D eigenvalue weighted by Gasteiger charge is -2.20. The molecule has 0 saturated heterocycles. The van der Waals surface area contributed by atoms with E-state index in [9.17, 15) is 18.4 Å². The Bertz CT molecular complexity index is 864. The smallest absolute Gasteiger partial charge is 0.412 e. The summed E-state index contributed by atoms with van der Waals surface area (Å²) in [5.74, 6) is -0.732. The van der Waals surface area contributed by atoms with Crippen molar-refractivity contribution in [2.24, 2.45) is 0 Å². The first-order valence-electron chi connectivity index (χ1n) is 8.55. The molecular weight excluding hydrogens is 370 g/mol. The van der Waals surface area contributed by atoms with Crippen molar-refractivity contribution in [3.05, 3.63) is 47.8 Å². The summed E-state index contributed by atoms with van der Waals surface area (Å²) in [6.45, 7) is 5.12. The number of rotatable bonds is 5. The highest BCUT2D eigenvalue weighted by molar-refractivity contribution is 5.99. The first kappa shape index (κ1) is 21.3. The maximum atomic E-state index is 12.7. The van der Waals surface area contributed by atoms with Crippen molar-refractivity contribution in [3.63, 3.8) is 0 Å². The number of hydrogen-bond acceptors (Lipinski definition) is 5. The van der Waals surface area contributed by atoms with Gasteiger partial charge in [-0.3, -0.25) is 5.32 Å². The van der Waals surface area contributed by atoms with Crippen LogP contribution in [0.15, 0.2) is 36.5 Å². The van der Waals surface area contributed by atoms with E-state index < -0.39 is 24.1 Å². The molecule has 0 spiro atoms. The van der Waals surface area contributed by atoms with Gasteiger partial charge in [0.15, 0.2) is 5.69 Å². The van der Waals surface area contributed by atoms with Crippen LogP contribution in [-0.4, -0.2) is 36.2 Å². The van der Waals surface area contributed by atoms with Crippen LogP contribution in [0.1, 0.15) is 36.8 Å². The van der Waals surface area contributed by atoms with Crippen LogP contribution in [-0.2, 0) is 15.9 Å². The number of esters is 1. The van der Waals surface area contributed by atoms with Crippen molar-refractivity contribution >= 4 is 17.7 Å². The number of alkyl halides is 2. The lowest BCUT2D eigenvalue weighted by atomic mass is 10.0. The predicted octanol–water partition coefficient (Wildman–Crippen LogP) is 4.69. The van der Waals surface area contributed by atoms with Crippen LogP contribution in [0.2, 0.25) is 0 Å². The molecule has 1 amide bonds. The molecule has 150 valence electrons. The summed E-state index contributed by atoms with van der Waals surface area (Å²) in [5, 5.41) is 2.49. The van der Waals surface area contributed by atoms with E-state index in [0.29, 0.717) is 16.7 Å². The van der Waals surface area contributed by atoms with E-state index in [1.165, 1.54) is 19.4 Å². The van der Waals surface area contributed by atoms with Gasteiger partial charge in [-0.05, 0) is 38.0 Å². The molecular formula is C20H22F2N2O4. The standard InChI is InChI=1S/C20H22F2N2O4/c1-20(2,3)28-19(26)24-15-10-14(11-23-17(15)18(25)27-4)13-7-5-6-12(8-13)9-16(21)22/h5-8,10-11,16H,9H2,1-4H3,(H,24,26). The number of nitrogens with zero attached hydrogens (tertiary/aromatic N) is 1. The number of carbonyl (C=O) groups is 2. The van der Waals surface area contributed by atoms with E-state index >= 15 is 0 Å². The predicted molar refractivity (Wildman–Crippen MR) is 101 cm³/mol. The number of aromatic nitrogens is 1. The quantitative estimate of drug-likeness (QED) is 0.747. The molecule has 0 aliphatic carbocycles. The monoisotopic (exact) mass is 392 g/mol. The summed E-state index contributed by atoms with van der Waals surface area (Å²) in [4.78, 5) is 28.2. The summed E-state index contributed by atoms with van der Waals surface area (Å²) in [5.41, 5.74) is 0.887. The summed E-state index contributed by atoms with van der Waals surface area (Å²) in [6, 6.07) is 8.11. The van der Waals surface area contributed by atoms with Crippen LogP contribution in [0.5, 0.6) is 0 Å². The van der Waals surface area contributed by atoms with Crippen LogP contribution in [0.3, 0.4) is 0 Å². The largest absolute Gasteiger partial charge is 0.464 e. The van der Waals surface area contributed by atoms with E-state index in [-0.39, 0.29) is 17.8 Å². The van der Waals surface area contributed by atoms with Gasteiger partial charge in [-0.2, -0.15) is 0 Å². The molecule has 2 rings (SSSR count). The Kier molecular flexibility index (Phi) is 6.66. The third-order valence-corrected chi connectivity index (χ3v) is 3.55. The molecule has 6 nitrogen and oxygen atoms in total. The van der Waals surface area contributed by atoms with Gasteiger partial charge >= 0.3 is 12.1 Å². The van der Waals surface area contributed by atoms with Crippen LogP contribution < -0.4 is 5.32 Å². The second kappa shape index (κ2) is 8.77. The summed E-state index contributed by atoms with van der Waals surface area (Å²) >= 11 is 0. The van der Waals surface area contributed by atoms with Gasteiger partial charge in [0, 0.05) is 18.2 Å². The Morgan fingerprint density at radius 2 is 1.89 bits per heavy atom. The van der Waals surface area contributed by atoms with Gasteiger partial charge in [0.25, 0.3) is 0 Å². The van der Waals surface area contributed by atoms with Crippen LogP contribution in [0, 0.1) is 0 Å². The zero-order chi connectivity index (χ0) is 20.9. The minimum atomic E-state index is -2.46. The number of carbonyl (C=O) groups excluding carboxylic acids is 2. The summed E-state index contributed by atoms with van der Waals surface area (Å²) in [7, 11) is 1.20. The Morgan fingerprint density at radius 1 is 1.18 bits per heavy atom. The number of amides is 1. The van der Waals surface area contributed by atoms with Gasteiger partial charge in [-0.25, -0.2) is 23.4 Å². The van der Waals surface area contributed by atoms with Crippen molar-refractivity contribution in [1.82, 2.24) is 4.98 Å². The number of methoxy groups -OCH3 is 1. The van der Waals surface area contributed by atoms with Crippen molar-refractivity contribution in [3.8, 4) is 11.1 Å². The van der Waals surface area contributed by atoms with Gasteiger partial charge in [0.1, 0.15) is 5.60 Å². The van der Waals surface area contributed by atoms with Crippen LogP contribution in [0.4, 0.5) is 19.3 Å². The highest BCUT2D eigenvalue weighted by Crippen LogP contribution is 2.26. The Morgan fingerprint density at radius 3 is 2.50 bits per heavy atom. The lowest BCUT2D eigenvalue weighted by molar-refractivity contribution is 0.0595. The van der Waals surface area contributed by atoms with Gasteiger partial charge in [-0.1, -0.05) is 24.3 Å². The molecule has 1 aromatic heterocycles. The van der Waals surface area contributed by atoms with Crippen molar-refractivity contribution in [1.29, 1.82) is 0 Å². The molecule has 28 heavy (non-hydrogen) atoms. The third kappa shape index (κ3) is 6.00. The van der Waals surface area contributed by atoms with Crippen LogP contribution >= 0.6 is 0 Å². The second-order valence-corrected chi connectivity index (χ2v) is 7.03. The third-order valence-electron chi connectivity index (χ3n) is 3.55. The molecule has 0 aliphatic heterocycles. The van der Waals surface area contributed by atoms with E-state index in [0.717, 1.165) is 0 Å². The number of halogens is 2. The van der Waals surface area contributed by atoms with E-state index in [1.807, 2.05) is 0 Å². The van der Waals surface area contributed by atoms with E-state index in [1.54, 1.807) is 45.0 Å². The molecule has 0 aliphatic rings. The van der Waals surface area contributed by atoms with E-state index in [2.05, 4.69) is 10.3 Å². The molecule has 1 aromatic carbocycles. The van der Waals surface area contributed by atoms with Gasteiger partial charge in [-0.15, -0.1) is 0 Å². The number of hydrogen-bond donors (Lipinski definition) is 1. The zero-order valence-corrected chi connectivity index (χ0v) is 16.1. The maximum Gasteiger partial charge on any atom is 0.412 e. The summed E-state index contributed by atoms with van der Waals surface area (Å²) in [6.07, 6.45) is -2.18. The van der Waals surface area contributed by atoms with E-state index in [4.69, 9.17) is 9.47 Å². The van der Waals surface area contributed by atoms with Crippen molar-refractivity contribution < 1.29 is 27.8 Å². The average Bonchev–Trinajstić information content (AvgIpc) is 2.59. The first-order valence-corrected chi connectivity index (χ1v) is 8.55. The Balaban J connectivity index is 2.40. The second-order valence-electron chi connectivity index (χ2n) is 7.03. The zero-order valence-electron chi connectivity index (χ0n) is 16.1. The Labute approximate surface area is 161 Å². The minimum Gasteiger partial charge on any atom is -0.464 e.